The van der Waals surface area contributed by atoms with Crippen LogP contribution in [0.3, 0.4) is 0 Å². The van der Waals surface area contributed by atoms with E-state index >= 15 is 0 Å². The fourth-order valence-electron chi connectivity index (χ4n) is 2.43. The second kappa shape index (κ2) is 3.35. The van der Waals surface area contributed by atoms with Crippen LogP contribution in [0, 0.1) is 0 Å². The summed E-state index contributed by atoms with van der Waals surface area (Å²) in [4.78, 5) is 13.6. The zero-order chi connectivity index (χ0) is 10.3. The Hall–Kier alpha value is -1.35. The number of rotatable bonds is 1. The molecule has 0 radical (unpaired) electrons. The molecule has 2 saturated heterocycles. The standard InChI is InChI=1S/C12H13NO2/c14-11-6-7-12-13(11)10(8-15-12)9-4-2-1-3-5-9/h1-5,10,12H,6-8H2/t10-,12-/m0/s1. The third-order valence-corrected chi connectivity index (χ3v) is 3.17. The number of nitrogens with zero attached hydrogens (tertiary/aromatic N) is 1. The molecule has 0 aromatic heterocycles. The summed E-state index contributed by atoms with van der Waals surface area (Å²) in [5.41, 5.74) is 1.18. The number of fused-ring (bicyclic) bond motifs is 1. The molecule has 1 aromatic rings. The van der Waals surface area contributed by atoms with E-state index in [2.05, 4.69) is 12.1 Å². The number of hydrogen-bond donors (Lipinski definition) is 0. The van der Waals surface area contributed by atoms with Gasteiger partial charge in [0.1, 0.15) is 6.23 Å². The summed E-state index contributed by atoms with van der Waals surface area (Å²) in [6.07, 6.45) is 1.51. The lowest BCUT2D eigenvalue weighted by Gasteiger charge is -2.21. The van der Waals surface area contributed by atoms with E-state index in [9.17, 15) is 4.79 Å². The Morgan fingerprint density at radius 1 is 1.27 bits per heavy atom. The maximum atomic E-state index is 11.7. The maximum Gasteiger partial charge on any atom is 0.225 e. The number of ether oxygens (including phenoxy) is 1. The SMILES string of the molecule is O=C1CC[C@@H]2OC[C@@H](c3ccccc3)N12. The van der Waals surface area contributed by atoms with Crippen LogP contribution in [0.4, 0.5) is 0 Å². The van der Waals surface area contributed by atoms with Crippen LogP contribution in [0.1, 0.15) is 24.4 Å². The molecule has 0 N–H and O–H groups in total. The minimum atomic E-state index is 0.0303. The second-order valence-corrected chi connectivity index (χ2v) is 4.05. The third kappa shape index (κ3) is 1.35. The summed E-state index contributed by atoms with van der Waals surface area (Å²) in [6, 6.07) is 10.2. The Morgan fingerprint density at radius 2 is 2.07 bits per heavy atom. The topological polar surface area (TPSA) is 29.5 Å². The van der Waals surface area contributed by atoms with Gasteiger partial charge in [-0.3, -0.25) is 4.79 Å². The number of hydrogen-bond acceptors (Lipinski definition) is 2. The van der Waals surface area contributed by atoms with E-state index in [1.807, 2.05) is 23.1 Å². The largest absolute Gasteiger partial charge is 0.356 e. The Bertz CT molecular complexity index is 376. The first-order chi connectivity index (χ1) is 7.36. The van der Waals surface area contributed by atoms with Crippen LogP contribution in [0.25, 0.3) is 0 Å². The van der Waals surface area contributed by atoms with Crippen LogP contribution in [-0.2, 0) is 9.53 Å². The predicted molar refractivity (Wildman–Crippen MR) is 55.0 cm³/mol. The van der Waals surface area contributed by atoms with E-state index in [1.165, 1.54) is 5.56 Å². The molecule has 2 aliphatic rings. The summed E-state index contributed by atoms with van der Waals surface area (Å²) in [7, 11) is 0. The average molecular weight is 203 g/mol. The van der Waals surface area contributed by atoms with Gasteiger partial charge in [-0.2, -0.15) is 0 Å². The smallest absolute Gasteiger partial charge is 0.225 e. The highest BCUT2D eigenvalue weighted by Gasteiger charge is 2.42. The summed E-state index contributed by atoms with van der Waals surface area (Å²) < 4.78 is 5.62. The van der Waals surface area contributed by atoms with Crippen molar-refractivity contribution in [3.05, 3.63) is 35.9 Å². The molecule has 2 fully saturated rings. The van der Waals surface area contributed by atoms with Crippen molar-refractivity contribution in [2.45, 2.75) is 25.1 Å². The molecule has 1 amide bonds. The zero-order valence-electron chi connectivity index (χ0n) is 8.43. The van der Waals surface area contributed by atoms with Crippen LogP contribution in [0.15, 0.2) is 30.3 Å². The van der Waals surface area contributed by atoms with Crippen molar-refractivity contribution in [2.24, 2.45) is 0 Å². The number of carbonyl (C=O) groups excluding carboxylic acids is 1. The summed E-state index contributed by atoms with van der Waals surface area (Å²) >= 11 is 0. The quantitative estimate of drug-likeness (QED) is 0.695. The van der Waals surface area contributed by atoms with Gasteiger partial charge in [-0.1, -0.05) is 30.3 Å². The molecule has 0 aliphatic carbocycles. The van der Waals surface area contributed by atoms with E-state index in [1.54, 1.807) is 0 Å². The molecule has 0 unspecified atom stereocenters. The molecule has 0 spiro atoms. The lowest BCUT2D eigenvalue weighted by Crippen LogP contribution is -2.30. The fourth-order valence-corrected chi connectivity index (χ4v) is 2.43. The van der Waals surface area contributed by atoms with Crippen molar-refractivity contribution in [3.8, 4) is 0 Å². The molecule has 2 atom stereocenters. The molecular weight excluding hydrogens is 190 g/mol. The molecular formula is C12H13NO2. The van der Waals surface area contributed by atoms with Gasteiger partial charge >= 0.3 is 0 Å². The van der Waals surface area contributed by atoms with Gasteiger partial charge in [-0.25, -0.2) is 0 Å². The van der Waals surface area contributed by atoms with Gasteiger partial charge in [-0.05, 0) is 5.56 Å². The van der Waals surface area contributed by atoms with Gasteiger partial charge in [-0.15, -0.1) is 0 Å². The van der Waals surface area contributed by atoms with Crippen molar-refractivity contribution >= 4 is 5.91 Å². The highest BCUT2D eigenvalue weighted by atomic mass is 16.5. The van der Waals surface area contributed by atoms with Gasteiger partial charge in [0.15, 0.2) is 0 Å². The van der Waals surface area contributed by atoms with Crippen LogP contribution in [0.5, 0.6) is 0 Å². The van der Waals surface area contributed by atoms with Crippen molar-refractivity contribution in [2.75, 3.05) is 6.61 Å². The minimum Gasteiger partial charge on any atom is -0.356 e. The van der Waals surface area contributed by atoms with Crippen LogP contribution in [0.2, 0.25) is 0 Å². The second-order valence-electron chi connectivity index (χ2n) is 4.05. The fraction of sp³-hybridized carbons (Fsp3) is 0.417. The summed E-state index contributed by atoms with van der Waals surface area (Å²) in [5.74, 6) is 0.228. The molecule has 78 valence electrons. The lowest BCUT2D eigenvalue weighted by molar-refractivity contribution is -0.131. The molecule has 3 rings (SSSR count). The summed E-state index contributed by atoms with van der Waals surface area (Å²) in [6.45, 7) is 0.639. The summed E-state index contributed by atoms with van der Waals surface area (Å²) in [5, 5.41) is 0. The number of amides is 1. The zero-order valence-corrected chi connectivity index (χ0v) is 8.43. The third-order valence-electron chi connectivity index (χ3n) is 3.17. The van der Waals surface area contributed by atoms with Gasteiger partial charge in [0.05, 0.1) is 12.6 Å². The average Bonchev–Trinajstić information content (AvgIpc) is 2.84. The number of carbonyl (C=O) groups is 1. The maximum absolute atomic E-state index is 11.7. The first kappa shape index (κ1) is 8.92. The molecule has 0 bridgehead atoms. The Labute approximate surface area is 88.6 Å². The Morgan fingerprint density at radius 3 is 2.87 bits per heavy atom. The van der Waals surface area contributed by atoms with Gasteiger partial charge in [0.25, 0.3) is 0 Å². The van der Waals surface area contributed by atoms with Crippen molar-refractivity contribution < 1.29 is 9.53 Å². The van der Waals surface area contributed by atoms with Crippen molar-refractivity contribution in [1.82, 2.24) is 4.90 Å². The van der Waals surface area contributed by atoms with E-state index in [0.717, 1.165) is 6.42 Å². The highest BCUT2D eigenvalue weighted by molar-refractivity contribution is 5.79. The molecule has 3 heteroatoms. The van der Waals surface area contributed by atoms with Crippen molar-refractivity contribution in [3.63, 3.8) is 0 Å². The van der Waals surface area contributed by atoms with E-state index in [-0.39, 0.29) is 18.2 Å². The van der Waals surface area contributed by atoms with Crippen LogP contribution in [-0.4, -0.2) is 23.6 Å². The molecule has 1 aromatic carbocycles. The predicted octanol–water partition coefficient (Wildman–Crippen LogP) is 1.71. The molecule has 2 heterocycles. The first-order valence-electron chi connectivity index (χ1n) is 5.34. The van der Waals surface area contributed by atoms with Crippen LogP contribution >= 0.6 is 0 Å². The normalized spacial score (nSPS) is 29.6. The van der Waals surface area contributed by atoms with E-state index in [0.29, 0.717) is 13.0 Å². The Balaban J connectivity index is 1.92. The van der Waals surface area contributed by atoms with E-state index in [4.69, 9.17) is 4.74 Å². The monoisotopic (exact) mass is 203 g/mol. The molecule has 2 aliphatic heterocycles. The van der Waals surface area contributed by atoms with Gasteiger partial charge < -0.3 is 9.64 Å². The van der Waals surface area contributed by atoms with Gasteiger partial charge in [0.2, 0.25) is 5.91 Å². The Kier molecular flexibility index (Phi) is 1.99. The molecule has 0 saturated carbocycles. The highest BCUT2D eigenvalue weighted by Crippen LogP contribution is 2.36. The minimum absolute atomic E-state index is 0.0303. The number of benzene rings is 1. The van der Waals surface area contributed by atoms with Crippen LogP contribution < -0.4 is 0 Å². The molecule has 3 nitrogen and oxygen atoms in total. The molecule has 15 heavy (non-hydrogen) atoms. The lowest BCUT2D eigenvalue weighted by atomic mass is 10.1. The van der Waals surface area contributed by atoms with Crippen molar-refractivity contribution in [1.29, 1.82) is 0 Å². The first-order valence-corrected chi connectivity index (χ1v) is 5.34. The van der Waals surface area contributed by atoms with E-state index < -0.39 is 0 Å². The van der Waals surface area contributed by atoms with Gasteiger partial charge in [0, 0.05) is 12.8 Å².